The lowest BCUT2D eigenvalue weighted by atomic mass is 10.1. The maximum absolute atomic E-state index is 12.2. The van der Waals surface area contributed by atoms with E-state index in [9.17, 15) is 9.59 Å². The number of ether oxygens (including phenoxy) is 2. The van der Waals surface area contributed by atoms with Gasteiger partial charge in [0, 0.05) is 6.42 Å². The molecule has 0 bridgehead atoms. The van der Waals surface area contributed by atoms with Gasteiger partial charge in [-0.05, 0) is 39.0 Å². The predicted molar refractivity (Wildman–Crippen MR) is 109 cm³/mol. The van der Waals surface area contributed by atoms with Gasteiger partial charge in [-0.15, -0.1) is 0 Å². The number of carbonyl (C=O) groups excluding carboxylic acids is 2. The second-order valence-electron chi connectivity index (χ2n) is 7.60. The fourth-order valence-electron chi connectivity index (χ4n) is 3.75. The highest BCUT2D eigenvalue weighted by molar-refractivity contribution is 5.85. The van der Waals surface area contributed by atoms with Gasteiger partial charge in [-0.2, -0.15) is 0 Å². The zero-order chi connectivity index (χ0) is 19.9. The Bertz CT molecular complexity index is 467. The van der Waals surface area contributed by atoms with E-state index in [2.05, 4.69) is 11.7 Å². The first-order chi connectivity index (χ1) is 13.2. The molecule has 1 unspecified atom stereocenters. The average Bonchev–Trinajstić information content (AvgIpc) is 3.36. The van der Waals surface area contributed by atoms with Crippen LogP contribution in [0.3, 0.4) is 0 Å². The van der Waals surface area contributed by atoms with Crippen molar-refractivity contribution in [2.45, 2.75) is 104 Å². The van der Waals surface area contributed by atoms with E-state index in [0.717, 1.165) is 44.9 Å². The van der Waals surface area contributed by atoms with Crippen molar-refractivity contribution in [2.24, 2.45) is 5.92 Å². The monoisotopic (exact) mass is 380 g/mol. The molecule has 0 aromatic carbocycles. The fourth-order valence-corrected chi connectivity index (χ4v) is 3.75. The van der Waals surface area contributed by atoms with E-state index in [1.54, 1.807) is 0 Å². The van der Waals surface area contributed by atoms with Crippen molar-refractivity contribution in [3.8, 4) is 0 Å². The molecule has 0 spiro atoms. The van der Waals surface area contributed by atoms with Crippen LogP contribution < -0.4 is 0 Å². The van der Waals surface area contributed by atoms with Crippen LogP contribution in [0, 0.1) is 5.92 Å². The van der Waals surface area contributed by atoms with Gasteiger partial charge in [0.1, 0.15) is 0 Å². The number of hydrogen-bond donors (Lipinski definition) is 0. The summed E-state index contributed by atoms with van der Waals surface area (Å²) in [6.07, 6.45) is 15.8. The Morgan fingerprint density at radius 2 is 1.30 bits per heavy atom. The lowest BCUT2D eigenvalue weighted by Crippen LogP contribution is -2.09. The second-order valence-corrected chi connectivity index (χ2v) is 7.60. The number of methoxy groups -OCH3 is 1. The minimum Gasteiger partial charge on any atom is -0.469 e. The van der Waals surface area contributed by atoms with E-state index in [4.69, 9.17) is 4.74 Å². The van der Waals surface area contributed by atoms with Gasteiger partial charge >= 0.3 is 11.9 Å². The van der Waals surface area contributed by atoms with Crippen LogP contribution in [0.4, 0.5) is 0 Å². The van der Waals surface area contributed by atoms with Crippen LogP contribution in [-0.2, 0) is 19.1 Å². The molecule has 1 aliphatic rings. The van der Waals surface area contributed by atoms with Crippen LogP contribution in [0.5, 0.6) is 0 Å². The minimum atomic E-state index is -0.116. The molecule has 0 saturated heterocycles. The molecule has 4 nitrogen and oxygen atoms in total. The molecule has 156 valence electrons. The standard InChI is InChI=1S/C23H40O4/c1-4-6-7-8-10-13-16-19-20(22(19)23(25)27-5-2)17-14-11-9-12-15-18-21(24)26-3/h22H,4-18H2,1-3H3. The molecule has 4 heteroatoms. The molecule has 0 heterocycles. The molecule has 1 rings (SSSR count). The molecule has 1 aliphatic carbocycles. The summed E-state index contributed by atoms with van der Waals surface area (Å²) < 4.78 is 9.91. The SMILES string of the molecule is CCCCCCCCC1=C(CCCCCCCC(=O)OC)C1C(=O)OCC. The predicted octanol–water partition coefficient (Wildman–Crippen LogP) is 6.13. The summed E-state index contributed by atoms with van der Waals surface area (Å²) in [6.45, 7) is 4.58. The molecule has 0 aromatic rings. The number of carbonyl (C=O) groups is 2. The van der Waals surface area contributed by atoms with Crippen molar-refractivity contribution in [2.75, 3.05) is 13.7 Å². The van der Waals surface area contributed by atoms with Gasteiger partial charge in [0.05, 0.1) is 19.6 Å². The average molecular weight is 381 g/mol. The normalized spacial score (nSPS) is 15.7. The quantitative estimate of drug-likeness (QED) is 0.173. The van der Waals surface area contributed by atoms with Gasteiger partial charge in [0.25, 0.3) is 0 Å². The molecule has 0 fully saturated rings. The molecule has 0 N–H and O–H groups in total. The first-order valence-electron chi connectivity index (χ1n) is 11.1. The zero-order valence-corrected chi connectivity index (χ0v) is 17.8. The third-order valence-electron chi connectivity index (χ3n) is 5.40. The fraction of sp³-hybridized carbons (Fsp3) is 0.826. The maximum atomic E-state index is 12.2. The summed E-state index contributed by atoms with van der Waals surface area (Å²) >= 11 is 0. The van der Waals surface area contributed by atoms with Gasteiger partial charge in [0.2, 0.25) is 0 Å². The topological polar surface area (TPSA) is 52.6 Å². The molecule has 0 amide bonds. The summed E-state index contributed by atoms with van der Waals surface area (Å²) in [5.74, 6) is -0.152. The lowest BCUT2D eigenvalue weighted by Gasteiger charge is -2.03. The molecule has 0 saturated carbocycles. The van der Waals surface area contributed by atoms with Crippen molar-refractivity contribution in [3.63, 3.8) is 0 Å². The molecule has 27 heavy (non-hydrogen) atoms. The highest BCUT2D eigenvalue weighted by Gasteiger charge is 2.41. The van der Waals surface area contributed by atoms with Crippen molar-refractivity contribution in [3.05, 3.63) is 11.1 Å². The Hall–Kier alpha value is -1.32. The lowest BCUT2D eigenvalue weighted by molar-refractivity contribution is -0.144. The van der Waals surface area contributed by atoms with E-state index >= 15 is 0 Å². The summed E-state index contributed by atoms with van der Waals surface area (Å²) in [7, 11) is 1.44. The smallest absolute Gasteiger partial charge is 0.317 e. The Kier molecular flexibility index (Phi) is 12.9. The van der Waals surface area contributed by atoms with E-state index in [0.29, 0.717) is 13.0 Å². The third-order valence-corrected chi connectivity index (χ3v) is 5.40. The van der Waals surface area contributed by atoms with Crippen LogP contribution >= 0.6 is 0 Å². The Labute approximate surface area is 166 Å². The third kappa shape index (κ3) is 9.97. The first kappa shape index (κ1) is 23.7. The molecular formula is C23H40O4. The summed E-state index contributed by atoms with van der Waals surface area (Å²) in [5, 5.41) is 0. The largest absolute Gasteiger partial charge is 0.469 e. The molecular weight excluding hydrogens is 340 g/mol. The zero-order valence-electron chi connectivity index (χ0n) is 17.8. The van der Waals surface area contributed by atoms with Crippen molar-refractivity contribution in [1.29, 1.82) is 0 Å². The maximum Gasteiger partial charge on any atom is 0.317 e. The van der Waals surface area contributed by atoms with Gasteiger partial charge in [-0.25, -0.2) is 0 Å². The van der Waals surface area contributed by atoms with E-state index in [1.165, 1.54) is 56.8 Å². The summed E-state index contributed by atoms with van der Waals surface area (Å²) in [4.78, 5) is 23.2. The van der Waals surface area contributed by atoms with Gasteiger partial charge in [-0.3, -0.25) is 9.59 Å². The highest BCUT2D eigenvalue weighted by Crippen LogP contribution is 2.46. The van der Waals surface area contributed by atoms with E-state index in [1.807, 2.05) is 6.92 Å². The summed E-state index contributed by atoms with van der Waals surface area (Å²) in [6, 6.07) is 0. The Morgan fingerprint density at radius 3 is 1.81 bits per heavy atom. The minimum absolute atomic E-state index is 0.0000775. The van der Waals surface area contributed by atoms with E-state index in [-0.39, 0.29) is 17.9 Å². The Morgan fingerprint density at radius 1 is 0.778 bits per heavy atom. The first-order valence-corrected chi connectivity index (χ1v) is 11.1. The molecule has 0 aromatic heterocycles. The van der Waals surface area contributed by atoms with Gasteiger partial charge in [-0.1, -0.05) is 69.4 Å². The van der Waals surface area contributed by atoms with Crippen LogP contribution in [-0.4, -0.2) is 25.7 Å². The van der Waals surface area contributed by atoms with Crippen LogP contribution in [0.1, 0.15) is 104 Å². The van der Waals surface area contributed by atoms with Gasteiger partial charge < -0.3 is 9.47 Å². The second kappa shape index (κ2) is 14.7. The molecule has 0 radical (unpaired) electrons. The van der Waals surface area contributed by atoms with Crippen LogP contribution in [0.2, 0.25) is 0 Å². The Balaban J connectivity index is 2.22. The van der Waals surface area contributed by atoms with Crippen molar-refractivity contribution in [1.82, 2.24) is 0 Å². The number of unbranched alkanes of at least 4 members (excludes halogenated alkanes) is 9. The number of esters is 2. The van der Waals surface area contributed by atoms with Crippen LogP contribution in [0.25, 0.3) is 0 Å². The van der Waals surface area contributed by atoms with Crippen molar-refractivity contribution < 1.29 is 19.1 Å². The highest BCUT2D eigenvalue weighted by atomic mass is 16.5. The molecule has 1 atom stereocenters. The van der Waals surface area contributed by atoms with Crippen LogP contribution in [0.15, 0.2) is 11.1 Å². The van der Waals surface area contributed by atoms with Gasteiger partial charge in [0.15, 0.2) is 0 Å². The number of hydrogen-bond acceptors (Lipinski definition) is 4. The summed E-state index contributed by atoms with van der Waals surface area (Å²) in [5.41, 5.74) is 2.73. The van der Waals surface area contributed by atoms with E-state index < -0.39 is 0 Å². The molecule has 0 aliphatic heterocycles. The van der Waals surface area contributed by atoms with Crippen molar-refractivity contribution >= 4 is 11.9 Å². The number of rotatable bonds is 17.